The van der Waals surface area contributed by atoms with Gasteiger partial charge in [0, 0.05) is 0 Å². The molecule has 0 radical (unpaired) electrons. The van der Waals surface area contributed by atoms with Gasteiger partial charge in [-0.1, -0.05) is 32.1 Å². The molecule has 0 aromatic heterocycles. The van der Waals surface area contributed by atoms with Gasteiger partial charge in [-0.3, -0.25) is 0 Å². The Labute approximate surface area is 75.2 Å². The summed E-state index contributed by atoms with van der Waals surface area (Å²) in [7, 11) is 0. The van der Waals surface area contributed by atoms with Crippen molar-refractivity contribution in [3.8, 4) is 0 Å². The highest BCUT2D eigenvalue weighted by atomic mass is 16.3. The first-order valence-electron chi connectivity index (χ1n) is 5.54. The number of hydrogen-bond acceptors (Lipinski definition) is 1. The van der Waals surface area contributed by atoms with Gasteiger partial charge in [0.2, 0.25) is 0 Å². The first-order valence-corrected chi connectivity index (χ1v) is 5.54. The third-order valence-electron chi connectivity index (χ3n) is 3.63. The summed E-state index contributed by atoms with van der Waals surface area (Å²) >= 11 is 0. The van der Waals surface area contributed by atoms with Crippen LogP contribution in [0.15, 0.2) is 0 Å². The topological polar surface area (TPSA) is 20.2 Å². The Morgan fingerprint density at radius 2 is 1.33 bits per heavy atom. The summed E-state index contributed by atoms with van der Waals surface area (Å²) in [6.07, 6.45) is 11.7. The van der Waals surface area contributed by atoms with Crippen LogP contribution in [0.5, 0.6) is 0 Å². The quantitative estimate of drug-likeness (QED) is 0.638. The molecule has 0 saturated heterocycles. The molecule has 0 heterocycles. The molecule has 0 spiro atoms. The molecule has 0 aromatic carbocycles. The van der Waals surface area contributed by atoms with Crippen molar-refractivity contribution >= 4 is 0 Å². The van der Waals surface area contributed by atoms with Crippen LogP contribution in [0.3, 0.4) is 0 Å². The van der Waals surface area contributed by atoms with Gasteiger partial charge in [-0.25, -0.2) is 0 Å². The third kappa shape index (κ3) is 1.82. The van der Waals surface area contributed by atoms with E-state index < -0.39 is 0 Å². The normalized spacial score (nSPS) is 30.8. The number of rotatable bonds is 1. The summed E-state index contributed by atoms with van der Waals surface area (Å²) in [6.45, 7) is 0. The predicted octanol–water partition coefficient (Wildman–Crippen LogP) is 2.87. The first kappa shape index (κ1) is 8.55. The minimum Gasteiger partial charge on any atom is -0.390 e. The smallest absolute Gasteiger partial charge is 0.0678 e. The molecular formula is C11H20O. The second-order valence-electron chi connectivity index (χ2n) is 4.65. The van der Waals surface area contributed by atoms with E-state index in [4.69, 9.17) is 0 Å². The highest BCUT2D eigenvalue weighted by Gasteiger charge is 2.46. The van der Waals surface area contributed by atoms with Crippen LogP contribution in [-0.4, -0.2) is 10.7 Å². The van der Waals surface area contributed by atoms with Crippen LogP contribution >= 0.6 is 0 Å². The predicted molar refractivity (Wildman–Crippen MR) is 50.0 cm³/mol. The van der Waals surface area contributed by atoms with Crippen molar-refractivity contribution in [2.75, 3.05) is 0 Å². The van der Waals surface area contributed by atoms with Gasteiger partial charge in [0.25, 0.3) is 0 Å². The molecule has 0 aromatic rings. The molecule has 0 unspecified atom stereocenters. The molecule has 2 aliphatic carbocycles. The van der Waals surface area contributed by atoms with Gasteiger partial charge >= 0.3 is 0 Å². The van der Waals surface area contributed by atoms with Crippen LogP contribution in [-0.2, 0) is 0 Å². The molecule has 0 amide bonds. The lowest BCUT2D eigenvalue weighted by Gasteiger charge is -2.24. The average molecular weight is 168 g/mol. The van der Waals surface area contributed by atoms with Crippen molar-refractivity contribution in [1.29, 1.82) is 0 Å². The molecule has 0 aliphatic heterocycles. The van der Waals surface area contributed by atoms with Crippen molar-refractivity contribution in [2.45, 2.75) is 63.4 Å². The van der Waals surface area contributed by atoms with Crippen molar-refractivity contribution < 1.29 is 5.11 Å². The second kappa shape index (κ2) is 3.37. The van der Waals surface area contributed by atoms with Gasteiger partial charge < -0.3 is 5.11 Å². The standard InChI is InChI=1S/C11H20O/c12-11(8-9-11)10-6-4-2-1-3-5-7-10/h10,12H,1-9H2. The van der Waals surface area contributed by atoms with E-state index in [1.54, 1.807) is 0 Å². The molecule has 1 N–H and O–H groups in total. The molecule has 0 bridgehead atoms. The lowest BCUT2D eigenvalue weighted by Crippen LogP contribution is -2.22. The van der Waals surface area contributed by atoms with Gasteiger partial charge in [-0.05, 0) is 31.6 Å². The Morgan fingerprint density at radius 3 is 1.83 bits per heavy atom. The van der Waals surface area contributed by atoms with Crippen molar-refractivity contribution in [3.05, 3.63) is 0 Å². The van der Waals surface area contributed by atoms with Gasteiger partial charge in [0.1, 0.15) is 0 Å². The molecule has 2 aliphatic rings. The second-order valence-corrected chi connectivity index (χ2v) is 4.65. The van der Waals surface area contributed by atoms with Crippen LogP contribution in [0.25, 0.3) is 0 Å². The highest BCUT2D eigenvalue weighted by Crippen LogP contribution is 2.46. The van der Waals surface area contributed by atoms with Gasteiger partial charge in [0.15, 0.2) is 0 Å². The van der Waals surface area contributed by atoms with Crippen molar-refractivity contribution in [3.63, 3.8) is 0 Å². The zero-order valence-electron chi connectivity index (χ0n) is 7.89. The highest BCUT2D eigenvalue weighted by molar-refractivity contribution is 4.99. The van der Waals surface area contributed by atoms with Crippen LogP contribution < -0.4 is 0 Å². The largest absolute Gasteiger partial charge is 0.390 e. The Balaban J connectivity index is 1.85. The summed E-state index contributed by atoms with van der Waals surface area (Å²) in [6, 6.07) is 0. The fourth-order valence-corrected chi connectivity index (χ4v) is 2.53. The molecule has 1 heteroatoms. The van der Waals surface area contributed by atoms with E-state index in [0.29, 0.717) is 5.92 Å². The Morgan fingerprint density at radius 1 is 0.833 bits per heavy atom. The summed E-state index contributed by atoms with van der Waals surface area (Å²) < 4.78 is 0. The van der Waals surface area contributed by atoms with E-state index in [9.17, 15) is 5.11 Å². The maximum atomic E-state index is 9.97. The fourth-order valence-electron chi connectivity index (χ4n) is 2.53. The molecule has 70 valence electrons. The van der Waals surface area contributed by atoms with Crippen molar-refractivity contribution in [1.82, 2.24) is 0 Å². The van der Waals surface area contributed by atoms with Crippen LogP contribution in [0.2, 0.25) is 0 Å². The third-order valence-corrected chi connectivity index (χ3v) is 3.63. The molecule has 2 rings (SSSR count). The monoisotopic (exact) mass is 168 g/mol. The van der Waals surface area contributed by atoms with E-state index in [-0.39, 0.29) is 5.60 Å². The Kier molecular flexibility index (Phi) is 2.40. The zero-order chi connectivity index (χ0) is 8.44. The molecular weight excluding hydrogens is 148 g/mol. The van der Waals surface area contributed by atoms with Gasteiger partial charge in [-0.15, -0.1) is 0 Å². The lowest BCUT2D eigenvalue weighted by atomic mass is 9.86. The summed E-state index contributed by atoms with van der Waals surface area (Å²) in [5.41, 5.74) is -0.197. The Hall–Kier alpha value is -0.0400. The molecule has 0 atom stereocenters. The number of aliphatic hydroxyl groups is 1. The van der Waals surface area contributed by atoms with Gasteiger partial charge in [-0.2, -0.15) is 0 Å². The average Bonchev–Trinajstić information content (AvgIpc) is 2.67. The summed E-state index contributed by atoms with van der Waals surface area (Å²) in [4.78, 5) is 0. The van der Waals surface area contributed by atoms with Crippen molar-refractivity contribution in [2.24, 2.45) is 5.92 Å². The molecule has 12 heavy (non-hydrogen) atoms. The Bertz CT molecular complexity index is 141. The first-order chi connectivity index (χ1) is 5.81. The fraction of sp³-hybridized carbons (Fsp3) is 1.00. The van der Waals surface area contributed by atoms with Gasteiger partial charge in [0.05, 0.1) is 5.60 Å². The molecule has 2 fully saturated rings. The SMILES string of the molecule is OC1(C2CCCCCCC2)CC1. The molecule has 1 nitrogen and oxygen atoms in total. The maximum absolute atomic E-state index is 9.97. The summed E-state index contributed by atoms with van der Waals surface area (Å²) in [5.74, 6) is 0.651. The van der Waals surface area contributed by atoms with Crippen LogP contribution in [0, 0.1) is 5.92 Å². The zero-order valence-corrected chi connectivity index (χ0v) is 7.89. The lowest BCUT2D eigenvalue weighted by molar-refractivity contribution is 0.0667. The maximum Gasteiger partial charge on any atom is 0.0678 e. The number of hydrogen-bond donors (Lipinski definition) is 1. The van der Waals surface area contributed by atoms with E-state index in [2.05, 4.69) is 0 Å². The van der Waals surface area contributed by atoms with E-state index in [0.717, 1.165) is 12.8 Å². The van der Waals surface area contributed by atoms with E-state index in [1.807, 2.05) is 0 Å². The minimum absolute atomic E-state index is 0.197. The van der Waals surface area contributed by atoms with Crippen LogP contribution in [0.1, 0.15) is 57.8 Å². The minimum atomic E-state index is -0.197. The van der Waals surface area contributed by atoms with E-state index >= 15 is 0 Å². The van der Waals surface area contributed by atoms with E-state index in [1.165, 1.54) is 44.9 Å². The van der Waals surface area contributed by atoms with Crippen LogP contribution in [0.4, 0.5) is 0 Å². The molecule has 2 saturated carbocycles. The summed E-state index contributed by atoms with van der Waals surface area (Å²) in [5, 5.41) is 9.97.